The molecule has 2 amide bonds. The van der Waals surface area contributed by atoms with Gasteiger partial charge in [0.2, 0.25) is 0 Å². The highest BCUT2D eigenvalue weighted by Gasteiger charge is 2.44. The van der Waals surface area contributed by atoms with Crippen molar-refractivity contribution >= 4 is 23.1 Å². The molecule has 0 N–H and O–H groups in total. The number of para-hydroxylation sites is 1. The molecule has 0 radical (unpaired) electrons. The average molecular weight is 388 g/mol. The minimum atomic E-state index is -0.214. The lowest BCUT2D eigenvalue weighted by molar-refractivity contribution is -0.138. The number of aryl methyl sites for hydroxylation is 1. The molecular formula is C24H24N2O3. The molecule has 148 valence electrons. The molecule has 3 heterocycles. The zero-order valence-corrected chi connectivity index (χ0v) is 16.6. The van der Waals surface area contributed by atoms with E-state index in [-0.39, 0.29) is 17.9 Å². The molecular weight excluding hydrogens is 364 g/mol. The summed E-state index contributed by atoms with van der Waals surface area (Å²) in [6, 6.07) is 16.0. The van der Waals surface area contributed by atoms with Crippen molar-refractivity contribution in [1.82, 2.24) is 4.90 Å². The van der Waals surface area contributed by atoms with Crippen molar-refractivity contribution in [1.29, 1.82) is 0 Å². The Labute approximate surface area is 170 Å². The number of fused-ring (bicyclic) bond motifs is 1. The summed E-state index contributed by atoms with van der Waals surface area (Å²) in [5.41, 5.74) is 5.15. The van der Waals surface area contributed by atoms with Gasteiger partial charge < -0.3 is 9.64 Å². The molecule has 0 aliphatic carbocycles. The average Bonchev–Trinajstić information content (AvgIpc) is 3.44. The Hall–Kier alpha value is -2.92. The Balaban J connectivity index is 1.59. The molecule has 1 atom stereocenters. The first-order chi connectivity index (χ1) is 14.1. The molecule has 2 aromatic carbocycles. The smallest absolute Gasteiger partial charge is 0.278 e. The molecule has 29 heavy (non-hydrogen) atoms. The predicted molar refractivity (Wildman–Crippen MR) is 111 cm³/mol. The van der Waals surface area contributed by atoms with E-state index in [1.165, 1.54) is 10.5 Å². The van der Waals surface area contributed by atoms with Crippen molar-refractivity contribution in [2.75, 3.05) is 24.6 Å². The Morgan fingerprint density at radius 3 is 2.59 bits per heavy atom. The number of benzene rings is 2. The minimum absolute atomic E-state index is 0.0626. The lowest BCUT2D eigenvalue weighted by Gasteiger charge is -2.23. The minimum Gasteiger partial charge on any atom is -0.376 e. The van der Waals surface area contributed by atoms with Gasteiger partial charge in [-0.3, -0.25) is 14.5 Å². The fourth-order valence-corrected chi connectivity index (χ4v) is 4.52. The largest absolute Gasteiger partial charge is 0.376 e. The quantitative estimate of drug-likeness (QED) is 0.754. The highest BCUT2D eigenvalue weighted by Crippen LogP contribution is 2.38. The molecule has 3 aliphatic rings. The van der Waals surface area contributed by atoms with Gasteiger partial charge in [0.25, 0.3) is 11.8 Å². The number of amides is 2. The molecule has 0 saturated carbocycles. The third kappa shape index (κ3) is 3.06. The van der Waals surface area contributed by atoms with Gasteiger partial charge in [-0.05, 0) is 43.4 Å². The van der Waals surface area contributed by atoms with Gasteiger partial charge in [0, 0.05) is 18.8 Å². The van der Waals surface area contributed by atoms with E-state index in [9.17, 15) is 9.59 Å². The lowest BCUT2D eigenvalue weighted by atomic mass is 10.0. The summed E-state index contributed by atoms with van der Waals surface area (Å²) < 4.78 is 5.71. The van der Waals surface area contributed by atoms with Crippen LogP contribution >= 0.6 is 0 Å². The van der Waals surface area contributed by atoms with Gasteiger partial charge >= 0.3 is 0 Å². The van der Waals surface area contributed by atoms with Gasteiger partial charge in [-0.1, -0.05) is 48.0 Å². The van der Waals surface area contributed by atoms with Gasteiger partial charge in [-0.15, -0.1) is 0 Å². The van der Waals surface area contributed by atoms with E-state index in [0.29, 0.717) is 31.0 Å². The molecule has 2 aromatic rings. The number of ether oxygens (including phenoxy) is 1. The van der Waals surface area contributed by atoms with Crippen LogP contribution < -0.4 is 4.90 Å². The van der Waals surface area contributed by atoms with Gasteiger partial charge in [0.05, 0.1) is 18.2 Å². The number of hydrogen-bond donors (Lipinski definition) is 0. The van der Waals surface area contributed by atoms with E-state index < -0.39 is 0 Å². The summed E-state index contributed by atoms with van der Waals surface area (Å²) >= 11 is 0. The summed E-state index contributed by atoms with van der Waals surface area (Å²) in [4.78, 5) is 30.4. The molecule has 0 bridgehead atoms. The van der Waals surface area contributed by atoms with Crippen molar-refractivity contribution in [2.45, 2.75) is 32.3 Å². The number of nitrogens with zero attached hydrogens (tertiary/aromatic N) is 2. The molecule has 3 aliphatic heterocycles. The van der Waals surface area contributed by atoms with Crippen molar-refractivity contribution < 1.29 is 14.3 Å². The van der Waals surface area contributed by atoms with Crippen molar-refractivity contribution in [3.8, 4) is 0 Å². The van der Waals surface area contributed by atoms with Gasteiger partial charge in [0.1, 0.15) is 5.70 Å². The molecule has 5 rings (SSSR count). The van der Waals surface area contributed by atoms with Crippen LogP contribution in [0.3, 0.4) is 0 Å². The maximum absolute atomic E-state index is 13.5. The van der Waals surface area contributed by atoms with E-state index >= 15 is 0 Å². The molecule has 1 unspecified atom stereocenters. The topological polar surface area (TPSA) is 49.9 Å². The van der Waals surface area contributed by atoms with Crippen molar-refractivity contribution in [3.63, 3.8) is 0 Å². The fraction of sp³-hybridized carbons (Fsp3) is 0.333. The first-order valence-corrected chi connectivity index (χ1v) is 10.3. The van der Waals surface area contributed by atoms with Crippen LogP contribution in [0, 0.1) is 6.92 Å². The number of carbonyl (C=O) groups excluding carboxylic acids is 2. The maximum atomic E-state index is 13.5. The van der Waals surface area contributed by atoms with Crippen LogP contribution in [0.1, 0.15) is 29.5 Å². The second-order valence-corrected chi connectivity index (χ2v) is 7.98. The monoisotopic (exact) mass is 388 g/mol. The van der Waals surface area contributed by atoms with E-state index in [1.54, 1.807) is 0 Å². The zero-order chi connectivity index (χ0) is 20.0. The third-order valence-electron chi connectivity index (χ3n) is 6.05. The van der Waals surface area contributed by atoms with Crippen LogP contribution in [0.2, 0.25) is 0 Å². The Kier molecular flexibility index (Phi) is 4.47. The van der Waals surface area contributed by atoms with Crippen LogP contribution in [-0.2, 0) is 20.7 Å². The SMILES string of the molecule is Cc1ccc(C2=C(N3CCc4ccccc43)C(=O)N(CC3CCCO3)C2=O)cc1. The Morgan fingerprint density at radius 1 is 1.03 bits per heavy atom. The molecule has 0 spiro atoms. The van der Waals surface area contributed by atoms with Gasteiger partial charge in [-0.2, -0.15) is 0 Å². The first kappa shape index (κ1) is 18.1. The predicted octanol–water partition coefficient (Wildman–Crippen LogP) is 3.32. The lowest BCUT2D eigenvalue weighted by Crippen LogP contribution is -2.39. The van der Waals surface area contributed by atoms with Gasteiger partial charge in [-0.25, -0.2) is 0 Å². The van der Waals surface area contributed by atoms with Crippen molar-refractivity contribution in [3.05, 3.63) is 70.9 Å². The zero-order valence-electron chi connectivity index (χ0n) is 16.6. The highest BCUT2D eigenvalue weighted by atomic mass is 16.5. The summed E-state index contributed by atoms with van der Waals surface area (Å²) in [5.74, 6) is -0.425. The molecule has 1 saturated heterocycles. The van der Waals surface area contributed by atoms with Crippen LogP contribution in [0.15, 0.2) is 54.2 Å². The highest BCUT2D eigenvalue weighted by molar-refractivity contribution is 6.36. The van der Waals surface area contributed by atoms with E-state index in [0.717, 1.165) is 36.1 Å². The number of imide groups is 1. The fourth-order valence-electron chi connectivity index (χ4n) is 4.52. The third-order valence-corrected chi connectivity index (χ3v) is 6.05. The van der Waals surface area contributed by atoms with Crippen LogP contribution in [-0.4, -0.2) is 42.5 Å². The Morgan fingerprint density at radius 2 is 1.83 bits per heavy atom. The van der Waals surface area contributed by atoms with Gasteiger partial charge in [0.15, 0.2) is 0 Å². The van der Waals surface area contributed by atoms with E-state index in [4.69, 9.17) is 4.74 Å². The molecule has 5 nitrogen and oxygen atoms in total. The van der Waals surface area contributed by atoms with E-state index in [2.05, 4.69) is 6.07 Å². The van der Waals surface area contributed by atoms with Crippen LogP contribution in [0.4, 0.5) is 5.69 Å². The number of carbonyl (C=O) groups is 2. The second kappa shape index (κ2) is 7.16. The van der Waals surface area contributed by atoms with E-state index in [1.807, 2.05) is 54.3 Å². The Bertz CT molecular complexity index is 1000. The summed E-state index contributed by atoms with van der Waals surface area (Å²) in [7, 11) is 0. The number of rotatable bonds is 4. The molecule has 0 aromatic heterocycles. The summed E-state index contributed by atoms with van der Waals surface area (Å²) in [6.45, 7) is 3.75. The summed E-state index contributed by atoms with van der Waals surface area (Å²) in [5, 5.41) is 0. The normalized spacial score (nSPS) is 21.5. The molecule has 5 heteroatoms. The second-order valence-electron chi connectivity index (χ2n) is 7.98. The van der Waals surface area contributed by atoms with Crippen LogP contribution in [0.5, 0.6) is 0 Å². The van der Waals surface area contributed by atoms with Crippen LogP contribution in [0.25, 0.3) is 5.57 Å². The number of hydrogen-bond acceptors (Lipinski definition) is 4. The summed E-state index contributed by atoms with van der Waals surface area (Å²) in [6.07, 6.45) is 2.67. The van der Waals surface area contributed by atoms with Crippen molar-refractivity contribution in [2.24, 2.45) is 0 Å². The first-order valence-electron chi connectivity index (χ1n) is 10.3. The standard InChI is InChI=1S/C24H24N2O3/c1-16-8-10-18(11-9-16)21-22(25-13-12-17-5-2-3-7-20(17)25)24(28)26(23(21)27)15-19-6-4-14-29-19/h2-3,5,7-11,19H,4,6,12-15H2,1H3. The number of anilines is 1. The molecule has 1 fully saturated rings. The maximum Gasteiger partial charge on any atom is 0.278 e.